The Morgan fingerprint density at radius 3 is 1.37 bits per heavy atom. The van der Waals surface area contributed by atoms with E-state index < -0.39 is 42.7 Å². The second-order valence-corrected chi connectivity index (χ2v) is 21.9. The smallest absolute Gasteiger partial charge is 0.461 e. The molecular weight excluding hydrogens is 1380 g/mol. The number of aromatic nitrogens is 6. The van der Waals surface area contributed by atoms with Crippen LogP contribution in [0.4, 0.5) is 0 Å². The summed E-state index contributed by atoms with van der Waals surface area (Å²) in [6, 6.07) is 45.2. The molecule has 0 saturated carbocycles. The zero-order valence-corrected chi connectivity index (χ0v) is 57.2. The van der Waals surface area contributed by atoms with Crippen LogP contribution in [0.2, 0.25) is 0 Å². The first-order valence-corrected chi connectivity index (χ1v) is 31.6. The van der Waals surface area contributed by atoms with Gasteiger partial charge in [0.05, 0.1) is 32.1 Å². The largest absolute Gasteiger partial charge is 0.488 e. The van der Waals surface area contributed by atoms with Crippen molar-refractivity contribution in [3.8, 4) is 17.1 Å². The fraction of sp³-hybridized carbons (Fsp3) is 0.278. The van der Waals surface area contributed by atoms with E-state index in [0.29, 0.717) is 66.6 Å². The number of carbonyl (C=O) groups is 7. The summed E-state index contributed by atoms with van der Waals surface area (Å²) < 4.78 is 26.4. The molecule has 5 aromatic carbocycles. The highest BCUT2D eigenvalue weighted by atomic mass is 79.9. The lowest BCUT2D eigenvalue weighted by Gasteiger charge is -2.17. The number of para-hydroxylation sites is 3. The Labute approximate surface area is 590 Å². The van der Waals surface area contributed by atoms with Gasteiger partial charge in [0.25, 0.3) is 11.8 Å². The Bertz CT molecular complexity index is 4010. The number of allylic oxidation sites excluding steroid dienone is 4. The average molecular weight is 1470 g/mol. The van der Waals surface area contributed by atoms with Crippen molar-refractivity contribution in [2.45, 2.75) is 110 Å². The number of amides is 2. The van der Waals surface area contributed by atoms with Gasteiger partial charge in [-0.05, 0) is 126 Å². The van der Waals surface area contributed by atoms with Crippen molar-refractivity contribution in [3.05, 3.63) is 231 Å². The van der Waals surface area contributed by atoms with Gasteiger partial charge in [-0.3, -0.25) is 33.1 Å². The lowest BCUT2D eigenvalue weighted by atomic mass is 9.81. The molecule has 5 heterocycles. The fourth-order valence-electron chi connectivity index (χ4n) is 8.76. The van der Waals surface area contributed by atoms with Gasteiger partial charge in [0.15, 0.2) is 0 Å². The number of esters is 4. The molecule has 10 rings (SSSR count). The molecule has 0 spiro atoms. The SMILES string of the molecule is C.C.C.CCOC(=O)C1=NC(C)=C(Br)C1.CCOC(=O)C1=NC(C)=CC1.CCOC(=O)c1nc(Br)c(C)n1-c1ccccc1.CCOC(=O)c1ncc(C)n1-c1ccccc1.Cc1cnc(C(=O)NC(Cc2ccccc2)C(=O)C(N)=O)n1-c1ccccc1.OB(O)c1ccccc1. The molecule has 520 valence electrons. The average Bonchev–Trinajstić information content (AvgIpc) is 1.65. The maximum Gasteiger partial charge on any atom is 0.488 e. The van der Waals surface area contributed by atoms with Crippen molar-refractivity contribution < 1.29 is 62.6 Å². The number of nitrogens with two attached hydrogens (primary N) is 1. The molecule has 0 aliphatic carbocycles. The number of ether oxygens (including phenoxy) is 4. The molecule has 1 unspecified atom stereocenters. The molecule has 5 N–H and O–H groups in total. The van der Waals surface area contributed by atoms with Crippen LogP contribution in [0, 0.1) is 20.8 Å². The number of hydrogen-bond acceptors (Lipinski definition) is 18. The van der Waals surface area contributed by atoms with Gasteiger partial charge in [0.1, 0.15) is 22.1 Å². The summed E-state index contributed by atoms with van der Waals surface area (Å²) in [6.45, 7) is 18.0. The van der Waals surface area contributed by atoms with Gasteiger partial charge >= 0.3 is 31.0 Å². The van der Waals surface area contributed by atoms with Crippen LogP contribution in [-0.2, 0) is 44.5 Å². The van der Waals surface area contributed by atoms with E-state index in [1.807, 2.05) is 168 Å². The summed E-state index contributed by atoms with van der Waals surface area (Å²) in [5.41, 5.74) is 14.3. The number of ketones is 1. The number of primary amides is 1. The number of aryl methyl sites for hydroxylation is 2. The summed E-state index contributed by atoms with van der Waals surface area (Å²) in [6.07, 6.45) is 6.48. The molecule has 2 amide bonds. The van der Waals surface area contributed by atoms with E-state index in [2.05, 4.69) is 62.1 Å². The van der Waals surface area contributed by atoms with E-state index in [1.165, 1.54) is 0 Å². The minimum atomic E-state index is -1.34. The number of hydrogen-bond donors (Lipinski definition) is 4. The molecule has 26 heteroatoms. The van der Waals surface area contributed by atoms with Crippen molar-refractivity contribution in [3.63, 3.8) is 0 Å². The zero-order chi connectivity index (χ0) is 69.6. The highest BCUT2D eigenvalue weighted by Crippen LogP contribution is 2.26. The number of carbonyl (C=O) groups excluding carboxylic acids is 7. The first kappa shape index (κ1) is 84.1. The summed E-state index contributed by atoms with van der Waals surface area (Å²) in [5.74, 6) is -3.21. The first-order chi connectivity index (χ1) is 45.5. The molecule has 0 saturated heterocycles. The number of rotatable bonds is 18. The molecule has 1 atom stereocenters. The van der Waals surface area contributed by atoms with E-state index in [0.717, 1.165) is 55.6 Å². The highest BCUT2D eigenvalue weighted by molar-refractivity contribution is 9.11. The van der Waals surface area contributed by atoms with Gasteiger partial charge < -0.3 is 40.0 Å². The number of nitrogens with one attached hydrogen (secondary N) is 1. The minimum absolute atomic E-state index is 0. The second-order valence-electron chi connectivity index (χ2n) is 20.2. The molecule has 2 aliphatic heterocycles. The van der Waals surface area contributed by atoms with Crippen LogP contribution in [-0.4, -0.2) is 131 Å². The summed E-state index contributed by atoms with van der Waals surface area (Å²) in [5, 5.41) is 19.8. The zero-order valence-electron chi connectivity index (χ0n) is 54.1. The highest BCUT2D eigenvalue weighted by Gasteiger charge is 2.29. The van der Waals surface area contributed by atoms with Crippen molar-refractivity contribution in [2.24, 2.45) is 15.7 Å². The van der Waals surface area contributed by atoms with Crippen LogP contribution in [0.3, 0.4) is 0 Å². The molecule has 3 aromatic heterocycles. The number of nitrogens with zero attached hydrogens (tertiary/aromatic N) is 8. The van der Waals surface area contributed by atoms with Crippen molar-refractivity contribution in [2.75, 3.05) is 26.4 Å². The fourth-order valence-corrected chi connectivity index (χ4v) is 9.46. The van der Waals surface area contributed by atoms with E-state index in [1.54, 1.807) is 78.1 Å². The monoisotopic (exact) mass is 1470 g/mol. The van der Waals surface area contributed by atoms with Crippen LogP contribution < -0.4 is 16.5 Å². The topological polar surface area (TPSA) is 313 Å². The Morgan fingerprint density at radius 1 is 0.551 bits per heavy atom. The van der Waals surface area contributed by atoms with Gasteiger partial charge in [0.2, 0.25) is 23.3 Å². The lowest BCUT2D eigenvalue weighted by molar-refractivity contribution is -0.137. The predicted molar refractivity (Wildman–Crippen MR) is 389 cm³/mol. The molecule has 0 fully saturated rings. The second kappa shape index (κ2) is 43.2. The number of aliphatic imine (C=N–C) groups is 2. The number of imidazole rings is 3. The Morgan fingerprint density at radius 2 is 0.959 bits per heavy atom. The Hall–Kier alpha value is -10.0. The summed E-state index contributed by atoms with van der Waals surface area (Å²) in [4.78, 5) is 103. The van der Waals surface area contributed by atoms with Gasteiger partial charge in [-0.25, -0.2) is 39.1 Å². The van der Waals surface area contributed by atoms with Crippen LogP contribution in [0.25, 0.3) is 17.1 Å². The van der Waals surface area contributed by atoms with Crippen LogP contribution in [0.5, 0.6) is 0 Å². The Balaban J connectivity index is 0.000000414. The maximum absolute atomic E-state index is 12.9. The normalized spacial score (nSPS) is 11.6. The third-order valence-electron chi connectivity index (χ3n) is 13.3. The molecule has 8 aromatic rings. The molecule has 0 bridgehead atoms. The van der Waals surface area contributed by atoms with Crippen molar-refractivity contribution in [1.82, 2.24) is 34.0 Å². The van der Waals surface area contributed by atoms with E-state index >= 15 is 0 Å². The predicted octanol–water partition coefficient (Wildman–Crippen LogP) is 11.6. The van der Waals surface area contributed by atoms with Crippen molar-refractivity contribution in [1.29, 1.82) is 0 Å². The first-order valence-electron chi connectivity index (χ1n) is 30.0. The minimum Gasteiger partial charge on any atom is -0.461 e. The van der Waals surface area contributed by atoms with Gasteiger partial charge in [-0.15, -0.1) is 0 Å². The third kappa shape index (κ3) is 25.2. The number of Topliss-reactive ketones (excluding diaryl/α,β-unsaturated/α-hetero) is 1. The van der Waals surface area contributed by atoms with E-state index in [4.69, 9.17) is 34.7 Å². The number of benzene rings is 5. The molecule has 98 heavy (non-hydrogen) atoms. The van der Waals surface area contributed by atoms with E-state index in [-0.39, 0.29) is 52.3 Å². The maximum atomic E-state index is 12.9. The number of halogens is 2. The van der Waals surface area contributed by atoms with Crippen LogP contribution >= 0.6 is 31.9 Å². The quantitative estimate of drug-likeness (QED) is 0.0268. The van der Waals surface area contributed by atoms with E-state index in [9.17, 15) is 33.6 Å². The summed E-state index contributed by atoms with van der Waals surface area (Å²) >= 11 is 6.66. The summed E-state index contributed by atoms with van der Waals surface area (Å²) in [7, 11) is -1.34. The van der Waals surface area contributed by atoms with Crippen molar-refractivity contribution >= 4 is 97.3 Å². The molecule has 2 aliphatic rings. The Kier molecular flexibility index (Phi) is 37.1. The van der Waals surface area contributed by atoms with Crippen LogP contribution in [0.1, 0.15) is 131 Å². The molecular formula is C72H87BBr2N10O13. The molecule has 23 nitrogen and oxygen atoms in total. The van der Waals surface area contributed by atoms with Gasteiger partial charge in [-0.2, -0.15) is 0 Å². The lowest BCUT2D eigenvalue weighted by Crippen LogP contribution is -2.47. The molecule has 0 radical (unpaired) electrons. The standard InChI is InChI=1S/C21H20N4O3.C13H13BrN2O2.C13H14N2O2.C8H10BrNO2.C8H11NO2.C6H7BO2.3CH4/c1-14-13-23-20(25(14)16-10-6-3-7-11-16)21(28)24-17(18(26)19(22)27)12-15-8-4-2-5-9-15;1-3-18-13(17)12-15-11(14)9(2)16(12)10-7-5-4-6-8-10;1-3-17-13(16)12-14-9-10(2)15(12)11-7-5-4-6-8-11;1-3-12-8(11)7-4-6(9)5(2)10-7;1-3-11-8(10)7-5-4-6(2)9-7;8-7(9)6-4-2-1-3-5-6;;;/h2-11,13,17H,12H2,1H3,(H2,22,27)(H,24,28);4-8H,3H2,1-2H3;4-9H,3H2,1-2H3;3-4H2,1-2H3;4H,3,5H2,1-2H3;1-5,8-9H;3*1H4. The van der Waals surface area contributed by atoms with Crippen LogP contribution in [0.15, 0.2) is 201 Å². The third-order valence-corrected chi connectivity index (χ3v) is 14.9. The van der Waals surface area contributed by atoms with Gasteiger partial charge in [0, 0.05) is 76.0 Å². The van der Waals surface area contributed by atoms with Gasteiger partial charge in [-0.1, -0.05) is 160 Å².